The molecule has 1 atom stereocenters. The number of hydrogen-bond donors (Lipinski definition) is 0. The van der Waals surface area contributed by atoms with E-state index in [4.69, 9.17) is 14.2 Å². The van der Waals surface area contributed by atoms with Crippen molar-refractivity contribution in [1.82, 2.24) is 0 Å². The molecule has 0 N–H and O–H groups in total. The van der Waals surface area contributed by atoms with E-state index in [1.54, 1.807) is 12.1 Å². The van der Waals surface area contributed by atoms with Crippen LogP contribution in [0, 0.1) is 0 Å². The van der Waals surface area contributed by atoms with E-state index in [-0.39, 0.29) is 24.4 Å². The van der Waals surface area contributed by atoms with Crippen LogP contribution in [0.3, 0.4) is 0 Å². The van der Waals surface area contributed by atoms with Crippen molar-refractivity contribution in [3.05, 3.63) is 77.9 Å². The van der Waals surface area contributed by atoms with Crippen molar-refractivity contribution in [2.75, 3.05) is 19.2 Å². The van der Waals surface area contributed by atoms with Gasteiger partial charge in [0.1, 0.15) is 5.78 Å². The van der Waals surface area contributed by atoms with Gasteiger partial charge in [-0.05, 0) is 78.6 Å². The first-order valence-corrected chi connectivity index (χ1v) is 14.6. The second kappa shape index (κ2) is 9.62. The summed E-state index contributed by atoms with van der Waals surface area (Å²) in [5.41, 5.74) is 3.37. The van der Waals surface area contributed by atoms with E-state index in [1.165, 1.54) is 0 Å². The molecule has 7 heteroatoms. The summed E-state index contributed by atoms with van der Waals surface area (Å²) in [6.07, 6.45) is 4.56. The number of rotatable bonds is 9. The molecular formula is C30H30O6S. The van der Waals surface area contributed by atoms with E-state index in [0.717, 1.165) is 60.3 Å². The zero-order chi connectivity index (χ0) is 25.5. The van der Waals surface area contributed by atoms with Crippen LogP contribution in [0.1, 0.15) is 43.2 Å². The average molecular weight is 519 g/mol. The van der Waals surface area contributed by atoms with Crippen LogP contribution in [-0.4, -0.2) is 39.5 Å². The summed E-state index contributed by atoms with van der Waals surface area (Å²) >= 11 is 0. The third-order valence-corrected chi connectivity index (χ3v) is 9.54. The highest BCUT2D eigenvalue weighted by Crippen LogP contribution is 2.51. The maximum absolute atomic E-state index is 13.4. The summed E-state index contributed by atoms with van der Waals surface area (Å²) in [7, 11) is -3.35. The Morgan fingerprint density at radius 1 is 0.919 bits per heavy atom. The lowest BCUT2D eigenvalue weighted by Gasteiger charge is -2.16. The zero-order valence-corrected chi connectivity index (χ0v) is 21.5. The van der Waals surface area contributed by atoms with Gasteiger partial charge in [0.05, 0.1) is 22.2 Å². The number of hydrogen-bond acceptors (Lipinski definition) is 6. The van der Waals surface area contributed by atoms with Crippen LogP contribution in [0.25, 0.3) is 11.1 Å². The molecule has 6 nitrogen and oxygen atoms in total. The topological polar surface area (TPSA) is 78.9 Å². The van der Waals surface area contributed by atoms with Crippen LogP contribution in [0.5, 0.6) is 11.5 Å². The molecule has 2 aliphatic heterocycles. The molecule has 1 saturated carbocycles. The van der Waals surface area contributed by atoms with Crippen molar-refractivity contribution < 1.29 is 27.4 Å². The minimum atomic E-state index is -3.35. The first-order valence-electron chi connectivity index (χ1n) is 12.9. The fourth-order valence-electron chi connectivity index (χ4n) is 5.39. The molecule has 3 aromatic carbocycles. The quantitative estimate of drug-likeness (QED) is 0.384. The predicted octanol–water partition coefficient (Wildman–Crippen LogP) is 5.27. The van der Waals surface area contributed by atoms with Crippen LogP contribution < -0.4 is 9.47 Å². The molecule has 2 heterocycles. The fraction of sp³-hybridized carbons (Fsp3) is 0.367. The van der Waals surface area contributed by atoms with Gasteiger partial charge < -0.3 is 14.2 Å². The van der Waals surface area contributed by atoms with Gasteiger partial charge in [0.2, 0.25) is 6.79 Å². The third kappa shape index (κ3) is 4.90. The van der Waals surface area contributed by atoms with E-state index in [1.807, 2.05) is 54.6 Å². The molecule has 2 fully saturated rings. The summed E-state index contributed by atoms with van der Waals surface area (Å²) in [6.45, 7) is 0.943. The summed E-state index contributed by atoms with van der Waals surface area (Å²) < 4.78 is 42.1. The highest BCUT2D eigenvalue weighted by atomic mass is 32.2. The molecule has 0 aromatic heterocycles. The van der Waals surface area contributed by atoms with Gasteiger partial charge in [-0.2, -0.15) is 0 Å². The Kier molecular flexibility index (Phi) is 6.29. The Morgan fingerprint density at radius 2 is 1.73 bits per heavy atom. The molecule has 0 spiro atoms. The molecule has 0 bridgehead atoms. The second-order valence-electron chi connectivity index (χ2n) is 10.2. The first-order chi connectivity index (χ1) is 17.9. The van der Waals surface area contributed by atoms with Gasteiger partial charge >= 0.3 is 0 Å². The van der Waals surface area contributed by atoms with Gasteiger partial charge in [-0.25, -0.2) is 8.42 Å². The molecule has 3 aliphatic rings. The van der Waals surface area contributed by atoms with Crippen molar-refractivity contribution in [2.24, 2.45) is 0 Å². The Labute approximate surface area is 217 Å². The van der Waals surface area contributed by atoms with Crippen LogP contribution in [0.2, 0.25) is 0 Å². The van der Waals surface area contributed by atoms with Crippen LogP contribution in [-0.2, 0) is 31.2 Å². The number of carbonyl (C=O) groups excluding carboxylic acids is 1. The zero-order valence-electron chi connectivity index (χ0n) is 20.6. The van der Waals surface area contributed by atoms with Crippen molar-refractivity contribution in [3.63, 3.8) is 0 Å². The number of ether oxygens (including phenoxy) is 3. The van der Waals surface area contributed by atoms with Crippen molar-refractivity contribution in [3.8, 4) is 22.6 Å². The van der Waals surface area contributed by atoms with Crippen molar-refractivity contribution in [1.29, 1.82) is 0 Å². The molecule has 0 unspecified atom stereocenters. The first kappa shape index (κ1) is 24.2. The molecule has 0 radical (unpaired) electrons. The summed E-state index contributed by atoms with van der Waals surface area (Å²) in [5, 5.41) is 0. The Bertz CT molecular complexity index is 1420. The molecule has 1 aliphatic carbocycles. The molecule has 192 valence electrons. The van der Waals surface area contributed by atoms with E-state index in [2.05, 4.69) is 0 Å². The summed E-state index contributed by atoms with van der Waals surface area (Å²) in [4.78, 5) is 13.7. The van der Waals surface area contributed by atoms with Gasteiger partial charge in [0.15, 0.2) is 21.3 Å². The Morgan fingerprint density at radius 3 is 2.49 bits per heavy atom. The van der Waals surface area contributed by atoms with Crippen molar-refractivity contribution in [2.45, 2.75) is 54.9 Å². The van der Waals surface area contributed by atoms with Crippen LogP contribution in [0.4, 0.5) is 0 Å². The molecule has 37 heavy (non-hydrogen) atoms. The second-order valence-corrected chi connectivity index (χ2v) is 12.3. The van der Waals surface area contributed by atoms with Gasteiger partial charge in [-0.3, -0.25) is 4.79 Å². The maximum Gasteiger partial charge on any atom is 0.231 e. The van der Waals surface area contributed by atoms with Gasteiger partial charge in [-0.15, -0.1) is 0 Å². The molecular weight excluding hydrogens is 488 g/mol. The van der Waals surface area contributed by atoms with Gasteiger partial charge in [-0.1, -0.05) is 42.5 Å². The minimum Gasteiger partial charge on any atom is -0.454 e. The lowest BCUT2D eigenvalue weighted by molar-refractivity contribution is -0.120. The van der Waals surface area contributed by atoms with Crippen LogP contribution >= 0.6 is 0 Å². The fourth-order valence-corrected chi connectivity index (χ4v) is 6.75. The molecule has 6 rings (SSSR count). The van der Waals surface area contributed by atoms with E-state index in [0.29, 0.717) is 23.5 Å². The van der Waals surface area contributed by atoms with E-state index >= 15 is 0 Å². The highest BCUT2D eigenvalue weighted by molar-refractivity contribution is 7.91. The summed E-state index contributed by atoms with van der Waals surface area (Å²) in [6, 6.07) is 20.8. The standard InChI is InChI=1S/C30H30O6S/c31-29(30(13-14-30)24-8-11-27-28(19-24)36-20-35-27)18-21-3-1-4-23(17-21)22-6-9-26(10-7-22)37(32,33)16-12-25-5-2-15-34-25/h1,3-4,6-11,17,19,25H,2,5,12-16,18,20H2/t25-/m1/s1. The predicted molar refractivity (Wildman–Crippen MR) is 140 cm³/mol. The number of benzene rings is 3. The number of carbonyl (C=O) groups is 1. The number of sulfone groups is 1. The lowest BCUT2D eigenvalue weighted by atomic mass is 9.87. The number of Topliss-reactive ketones (excluding diaryl/α,β-unsaturated/α-hetero) is 1. The smallest absolute Gasteiger partial charge is 0.231 e. The van der Waals surface area contributed by atoms with Gasteiger partial charge in [0.25, 0.3) is 0 Å². The van der Waals surface area contributed by atoms with E-state index in [9.17, 15) is 13.2 Å². The summed E-state index contributed by atoms with van der Waals surface area (Å²) in [5.74, 6) is 1.73. The Hall–Kier alpha value is -3.16. The highest BCUT2D eigenvalue weighted by Gasteiger charge is 2.50. The van der Waals surface area contributed by atoms with Crippen molar-refractivity contribution >= 4 is 15.6 Å². The Balaban J connectivity index is 1.14. The normalized spacial score (nSPS) is 19.6. The minimum absolute atomic E-state index is 0.0549. The third-order valence-electron chi connectivity index (χ3n) is 7.78. The van der Waals surface area contributed by atoms with Gasteiger partial charge in [0, 0.05) is 13.0 Å². The molecule has 1 saturated heterocycles. The SMILES string of the molecule is O=C(Cc1cccc(-c2ccc(S(=O)(=O)CC[C@H]3CCCO3)cc2)c1)C1(c2ccc3c(c2)OCO3)CC1. The average Bonchev–Trinajstić information content (AvgIpc) is 3.31. The molecule has 3 aromatic rings. The lowest BCUT2D eigenvalue weighted by Crippen LogP contribution is -2.22. The number of fused-ring (bicyclic) bond motifs is 1. The molecule has 0 amide bonds. The largest absolute Gasteiger partial charge is 0.454 e. The van der Waals surface area contributed by atoms with Crippen LogP contribution in [0.15, 0.2) is 71.6 Å². The maximum atomic E-state index is 13.4. The van der Waals surface area contributed by atoms with E-state index < -0.39 is 15.3 Å². The monoisotopic (exact) mass is 518 g/mol. The number of ketones is 1.